The van der Waals surface area contributed by atoms with Gasteiger partial charge < -0.3 is 14.8 Å². The van der Waals surface area contributed by atoms with E-state index in [1.807, 2.05) is 28.8 Å². The monoisotopic (exact) mass is 366 g/mol. The average Bonchev–Trinajstić information content (AvgIpc) is 2.99. The van der Waals surface area contributed by atoms with Gasteiger partial charge in [-0.15, -0.1) is 13.2 Å². The van der Waals surface area contributed by atoms with Crippen molar-refractivity contribution >= 4 is 22.8 Å². The van der Waals surface area contributed by atoms with E-state index in [2.05, 4.69) is 30.0 Å². The van der Waals surface area contributed by atoms with Crippen molar-refractivity contribution in [2.75, 3.05) is 19.6 Å². The van der Waals surface area contributed by atoms with Gasteiger partial charge in [0.1, 0.15) is 12.4 Å². The van der Waals surface area contributed by atoms with Crippen LogP contribution in [0.15, 0.2) is 61.7 Å². The smallest absolute Gasteiger partial charge is 0.246 e. The van der Waals surface area contributed by atoms with Crippen LogP contribution in [0, 0.1) is 0 Å². The highest BCUT2D eigenvalue weighted by molar-refractivity contribution is 5.92. The summed E-state index contributed by atoms with van der Waals surface area (Å²) < 4.78 is 1.91. The van der Waals surface area contributed by atoms with Gasteiger partial charge in [0.25, 0.3) is 0 Å². The molecule has 142 valence electrons. The van der Waals surface area contributed by atoms with E-state index in [4.69, 9.17) is 0 Å². The number of hydrogen-bond acceptors (Lipinski definition) is 3. The van der Waals surface area contributed by atoms with Crippen molar-refractivity contribution in [1.82, 2.24) is 19.8 Å². The summed E-state index contributed by atoms with van der Waals surface area (Å²) >= 11 is 0. The Morgan fingerprint density at radius 3 is 2.52 bits per heavy atom. The van der Waals surface area contributed by atoms with E-state index in [-0.39, 0.29) is 18.4 Å². The van der Waals surface area contributed by atoms with Gasteiger partial charge in [-0.25, -0.2) is 4.98 Å². The number of fused-ring (bicyclic) bond motifs is 1. The number of amides is 2. The summed E-state index contributed by atoms with van der Waals surface area (Å²) in [5.41, 5.74) is 2.18. The fourth-order valence-electron chi connectivity index (χ4n) is 2.76. The Balaban J connectivity index is 2.23. The third-order valence-corrected chi connectivity index (χ3v) is 4.10. The van der Waals surface area contributed by atoms with Crippen molar-refractivity contribution in [3.05, 3.63) is 67.6 Å². The predicted octanol–water partition coefficient (Wildman–Crippen LogP) is 2.47. The number of hydrogen-bond donors (Lipinski definition) is 1. The van der Waals surface area contributed by atoms with Gasteiger partial charge >= 0.3 is 0 Å². The fourth-order valence-corrected chi connectivity index (χ4v) is 2.76. The molecule has 0 aliphatic heterocycles. The molecule has 0 unspecified atom stereocenters. The molecule has 0 saturated heterocycles. The van der Waals surface area contributed by atoms with Gasteiger partial charge in [-0.3, -0.25) is 9.59 Å². The Morgan fingerprint density at radius 2 is 1.89 bits per heavy atom. The normalized spacial score (nSPS) is 10.4. The van der Waals surface area contributed by atoms with Crippen LogP contribution in [-0.4, -0.2) is 45.9 Å². The molecule has 0 fully saturated rings. The van der Waals surface area contributed by atoms with Crippen LogP contribution in [0.1, 0.15) is 12.7 Å². The zero-order valence-corrected chi connectivity index (χ0v) is 15.8. The maximum atomic E-state index is 12.8. The van der Waals surface area contributed by atoms with E-state index >= 15 is 0 Å². The van der Waals surface area contributed by atoms with Gasteiger partial charge in [-0.2, -0.15) is 0 Å². The van der Waals surface area contributed by atoms with Crippen LogP contribution >= 0.6 is 0 Å². The van der Waals surface area contributed by atoms with Gasteiger partial charge in [-0.1, -0.05) is 30.9 Å². The Bertz CT molecular complexity index is 856. The first-order chi connectivity index (χ1) is 13.0. The number of rotatable bonds is 10. The number of carbonyl (C=O) groups excluding carboxylic acids is 2. The van der Waals surface area contributed by atoms with Crippen LogP contribution in [0.3, 0.4) is 0 Å². The molecular formula is C21H26N4O2. The Kier molecular flexibility index (Phi) is 7.11. The van der Waals surface area contributed by atoms with Crippen molar-refractivity contribution in [2.45, 2.75) is 19.9 Å². The highest BCUT2D eigenvalue weighted by atomic mass is 16.2. The molecule has 0 radical (unpaired) electrons. The molecular weight excluding hydrogens is 340 g/mol. The molecule has 0 spiro atoms. The Hall–Kier alpha value is -3.15. The average molecular weight is 366 g/mol. The molecule has 27 heavy (non-hydrogen) atoms. The number of imidazole rings is 1. The molecule has 1 aromatic carbocycles. The first-order valence-corrected chi connectivity index (χ1v) is 8.85. The summed E-state index contributed by atoms with van der Waals surface area (Å²) in [6, 6.07) is 7.69. The summed E-state index contributed by atoms with van der Waals surface area (Å²) in [5.74, 6) is 0.533. The summed E-state index contributed by atoms with van der Waals surface area (Å²) in [7, 11) is 0. The first-order valence-electron chi connectivity index (χ1n) is 8.85. The summed E-state index contributed by atoms with van der Waals surface area (Å²) in [6.07, 6.45) is 3.91. The van der Waals surface area contributed by atoms with E-state index in [9.17, 15) is 9.59 Å². The molecule has 2 aromatic rings. The molecule has 0 bridgehead atoms. The molecule has 0 aliphatic carbocycles. The molecule has 0 saturated carbocycles. The van der Waals surface area contributed by atoms with Crippen molar-refractivity contribution in [1.29, 1.82) is 0 Å². The van der Waals surface area contributed by atoms with Gasteiger partial charge in [0.05, 0.1) is 11.0 Å². The van der Waals surface area contributed by atoms with Crippen LogP contribution in [0.5, 0.6) is 0 Å². The van der Waals surface area contributed by atoms with Crippen molar-refractivity contribution < 1.29 is 9.59 Å². The lowest BCUT2D eigenvalue weighted by molar-refractivity contribution is -0.130. The number of nitrogens with zero attached hydrogens (tertiary/aromatic N) is 3. The van der Waals surface area contributed by atoms with Gasteiger partial charge in [0.2, 0.25) is 11.8 Å². The van der Waals surface area contributed by atoms with E-state index in [0.717, 1.165) is 16.9 Å². The number of aromatic nitrogens is 2. The van der Waals surface area contributed by atoms with E-state index < -0.39 is 0 Å². The molecule has 6 nitrogen and oxygen atoms in total. The third-order valence-electron chi connectivity index (χ3n) is 4.10. The van der Waals surface area contributed by atoms with E-state index in [1.54, 1.807) is 24.0 Å². The lowest BCUT2D eigenvalue weighted by atomic mass is 10.3. The number of para-hydroxylation sites is 2. The van der Waals surface area contributed by atoms with Gasteiger partial charge in [-0.05, 0) is 19.1 Å². The van der Waals surface area contributed by atoms with E-state index in [1.165, 1.54) is 0 Å². The fraction of sp³-hybridized carbons (Fsp3) is 0.286. The Labute approximate surface area is 159 Å². The van der Waals surface area contributed by atoms with Crippen LogP contribution < -0.4 is 5.32 Å². The quantitative estimate of drug-likeness (QED) is 0.519. The van der Waals surface area contributed by atoms with Crippen molar-refractivity contribution in [2.24, 2.45) is 0 Å². The van der Waals surface area contributed by atoms with Gasteiger partial charge in [0.15, 0.2) is 0 Å². The minimum atomic E-state index is -0.183. The maximum Gasteiger partial charge on any atom is 0.246 e. The topological polar surface area (TPSA) is 67.2 Å². The summed E-state index contributed by atoms with van der Waals surface area (Å²) in [4.78, 5) is 30.8. The molecule has 2 amide bonds. The van der Waals surface area contributed by atoms with Crippen LogP contribution in [0.4, 0.5) is 0 Å². The molecule has 2 rings (SSSR count). The van der Waals surface area contributed by atoms with Crippen LogP contribution in [-0.2, 0) is 22.6 Å². The summed E-state index contributed by atoms with van der Waals surface area (Å²) in [5, 5.41) is 2.81. The second-order valence-corrected chi connectivity index (χ2v) is 6.27. The molecule has 0 aliphatic rings. The van der Waals surface area contributed by atoms with E-state index in [0.29, 0.717) is 31.6 Å². The van der Waals surface area contributed by atoms with Crippen LogP contribution in [0.2, 0.25) is 0 Å². The Morgan fingerprint density at radius 1 is 1.22 bits per heavy atom. The summed E-state index contributed by atoms with van der Waals surface area (Å²) in [6.45, 7) is 14.2. The lowest BCUT2D eigenvalue weighted by Crippen LogP contribution is -2.34. The van der Waals surface area contributed by atoms with Crippen LogP contribution in [0.25, 0.3) is 11.0 Å². The van der Waals surface area contributed by atoms with Crippen molar-refractivity contribution in [3.8, 4) is 0 Å². The number of carbonyl (C=O) groups is 2. The first kappa shape index (κ1) is 20.2. The molecule has 0 atom stereocenters. The predicted molar refractivity (Wildman–Crippen MR) is 108 cm³/mol. The lowest BCUT2D eigenvalue weighted by Gasteiger charge is -2.20. The SMILES string of the molecule is C=CCN(CC=C)C(=O)Cn1c(CCNC(=O)C(=C)C)nc2ccccc21. The minimum Gasteiger partial charge on any atom is -0.352 e. The highest BCUT2D eigenvalue weighted by Crippen LogP contribution is 2.17. The maximum absolute atomic E-state index is 12.8. The zero-order chi connectivity index (χ0) is 19.8. The molecule has 1 heterocycles. The standard InChI is InChI=1S/C21H26N4O2/c1-5-13-24(14-6-2)20(26)15-25-18-10-8-7-9-17(18)23-19(25)11-12-22-21(27)16(3)4/h5-10H,1-3,11-15H2,4H3,(H,22,27). The number of nitrogens with one attached hydrogen (secondary N) is 1. The number of benzene rings is 1. The molecule has 6 heteroatoms. The third kappa shape index (κ3) is 5.17. The second-order valence-electron chi connectivity index (χ2n) is 6.27. The minimum absolute atomic E-state index is 0.0369. The van der Waals surface area contributed by atoms with Gasteiger partial charge in [0, 0.05) is 31.6 Å². The van der Waals surface area contributed by atoms with Crippen molar-refractivity contribution in [3.63, 3.8) is 0 Å². The molecule has 1 N–H and O–H groups in total. The molecule has 1 aromatic heterocycles. The second kappa shape index (κ2) is 9.52. The zero-order valence-electron chi connectivity index (χ0n) is 15.8. The largest absolute Gasteiger partial charge is 0.352 e. The highest BCUT2D eigenvalue weighted by Gasteiger charge is 2.17.